The van der Waals surface area contributed by atoms with Gasteiger partial charge in [0.2, 0.25) is 0 Å². The molecule has 1 aromatic carbocycles. The molecule has 1 unspecified atom stereocenters. The van der Waals surface area contributed by atoms with Crippen molar-refractivity contribution in [3.63, 3.8) is 0 Å². The standard InChI is InChI=1S/C18H19ClN2O5/c1-3-25-17(23)16-11(2)20-18(24)21-14(16)10-26-15(22)8-7-12-5-4-6-13(19)9-12/h4-9,11H,3,10H2,1-2H3,(H2,20,21,24). The summed E-state index contributed by atoms with van der Waals surface area (Å²) in [6.07, 6.45) is 2.79. The van der Waals surface area contributed by atoms with Crippen LogP contribution in [-0.4, -0.2) is 37.2 Å². The molecule has 138 valence electrons. The number of rotatable bonds is 6. The van der Waals surface area contributed by atoms with Gasteiger partial charge in [-0.25, -0.2) is 14.4 Å². The van der Waals surface area contributed by atoms with E-state index in [-0.39, 0.29) is 24.5 Å². The molecule has 0 spiro atoms. The first-order valence-electron chi connectivity index (χ1n) is 7.98. The normalized spacial score (nSPS) is 16.9. The van der Waals surface area contributed by atoms with Crippen molar-refractivity contribution in [2.45, 2.75) is 19.9 Å². The number of carbonyl (C=O) groups excluding carboxylic acids is 3. The fraction of sp³-hybridized carbons (Fsp3) is 0.278. The van der Waals surface area contributed by atoms with Crippen LogP contribution in [0, 0.1) is 0 Å². The predicted molar refractivity (Wildman–Crippen MR) is 96.2 cm³/mol. The Hall–Kier alpha value is -2.80. The van der Waals surface area contributed by atoms with Gasteiger partial charge in [0.25, 0.3) is 0 Å². The molecule has 1 heterocycles. The number of esters is 2. The number of urea groups is 1. The molecule has 1 aromatic rings. The van der Waals surface area contributed by atoms with Crippen LogP contribution < -0.4 is 10.6 Å². The van der Waals surface area contributed by atoms with Crippen LogP contribution in [0.5, 0.6) is 0 Å². The molecule has 8 heteroatoms. The summed E-state index contributed by atoms with van der Waals surface area (Å²) in [5.74, 6) is -1.20. The Bertz CT molecular complexity index is 773. The average Bonchev–Trinajstić information content (AvgIpc) is 2.57. The Labute approximate surface area is 156 Å². The quantitative estimate of drug-likeness (QED) is 0.585. The third-order valence-electron chi connectivity index (χ3n) is 3.48. The SMILES string of the molecule is CCOC(=O)C1=C(COC(=O)C=Cc2cccc(Cl)c2)NC(=O)NC1C. The third kappa shape index (κ3) is 5.35. The Morgan fingerprint density at radius 3 is 2.77 bits per heavy atom. The highest BCUT2D eigenvalue weighted by molar-refractivity contribution is 6.30. The average molecular weight is 379 g/mol. The lowest BCUT2D eigenvalue weighted by atomic mass is 10.0. The van der Waals surface area contributed by atoms with Gasteiger partial charge < -0.3 is 20.1 Å². The van der Waals surface area contributed by atoms with E-state index in [0.717, 1.165) is 5.56 Å². The molecule has 0 aromatic heterocycles. The van der Waals surface area contributed by atoms with Gasteiger partial charge >= 0.3 is 18.0 Å². The van der Waals surface area contributed by atoms with Gasteiger partial charge in [-0.3, -0.25) is 0 Å². The van der Waals surface area contributed by atoms with E-state index in [0.29, 0.717) is 5.02 Å². The molecule has 26 heavy (non-hydrogen) atoms. The molecule has 2 N–H and O–H groups in total. The van der Waals surface area contributed by atoms with E-state index >= 15 is 0 Å². The van der Waals surface area contributed by atoms with Gasteiger partial charge in [0.15, 0.2) is 0 Å². The van der Waals surface area contributed by atoms with E-state index < -0.39 is 24.0 Å². The lowest BCUT2D eigenvalue weighted by Gasteiger charge is -2.26. The first-order chi connectivity index (χ1) is 12.4. The maximum Gasteiger partial charge on any atom is 0.338 e. The molecule has 1 aliphatic rings. The summed E-state index contributed by atoms with van der Waals surface area (Å²) in [6.45, 7) is 3.26. The number of hydrogen-bond acceptors (Lipinski definition) is 5. The second-order valence-electron chi connectivity index (χ2n) is 5.43. The Balaban J connectivity index is 2.06. The van der Waals surface area contributed by atoms with Gasteiger partial charge in [-0.15, -0.1) is 0 Å². The minimum atomic E-state index is -0.624. The minimum Gasteiger partial charge on any atom is -0.463 e. The molecule has 2 rings (SSSR count). The molecular weight excluding hydrogens is 360 g/mol. The van der Waals surface area contributed by atoms with Crippen molar-refractivity contribution in [1.82, 2.24) is 10.6 Å². The predicted octanol–water partition coefficient (Wildman–Crippen LogP) is 2.41. The molecule has 1 aliphatic heterocycles. The number of halogens is 1. The van der Waals surface area contributed by atoms with Crippen molar-refractivity contribution in [3.05, 3.63) is 52.2 Å². The summed E-state index contributed by atoms with van der Waals surface area (Å²) in [7, 11) is 0. The Morgan fingerprint density at radius 1 is 1.31 bits per heavy atom. The fourth-order valence-corrected chi connectivity index (χ4v) is 2.56. The molecule has 7 nitrogen and oxygen atoms in total. The molecule has 0 radical (unpaired) electrons. The zero-order chi connectivity index (χ0) is 19.1. The summed E-state index contributed by atoms with van der Waals surface area (Å²) in [4.78, 5) is 35.6. The summed E-state index contributed by atoms with van der Waals surface area (Å²) < 4.78 is 10.1. The molecular formula is C18H19ClN2O5. The lowest BCUT2D eigenvalue weighted by Crippen LogP contribution is -2.50. The topological polar surface area (TPSA) is 93.7 Å². The molecule has 2 amide bonds. The second kappa shape index (κ2) is 9.05. The van der Waals surface area contributed by atoms with Crippen molar-refractivity contribution < 1.29 is 23.9 Å². The van der Waals surface area contributed by atoms with E-state index in [1.165, 1.54) is 6.08 Å². The van der Waals surface area contributed by atoms with E-state index in [1.54, 1.807) is 44.2 Å². The van der Waals surface area contributed by atoms with Crippen molar-refractivity contribution >= 4 is 35.6 Å². The number of benzene rings is 1. The number of amides is 2. The molecule has 0 saturated carbocycles. The summed E-state index contributed by atoms with van der Waals surface area (Å²) >= 11 is 5.88. The summed E-state index contributed by atoms with van der Waals surface area (Å²) in [5.41, 5.74) is 1.16. The van der Waals surface area contributed by atoms with Gasteiger partial charge in [0, 0.05) is 11.1 Å². The van der Waals surface area contributed by atoms with Crippen LogP contribution >= 0.6 is 11.6 Å². The highest BCUT2D eigenvalue weighted by Crippen LogP contribution is 2.15. The van der Waals surface area contributed by atoms with Crippen LogP contribution in [0.25, 0.3) is 6.08 Å². The van der Waals surface area contributed by atoms with Crippen LogP contribution in [0.3, 0.4) is 0 Å². The number of hydrogen-bond donors (Lipinski definition) is 2. The fourth-order valence-electron chi connectivity index (χ4n) is 2.36. The third-order valence-corrected chi connectivity index (χ3v) is 3.72. The molecule has 1 atom stereocenters. The first-order valence-corrected chi connectivity index (χ1v) is 8.36. The smallest absolute Gasteiger partial charge is 0.338 e. The van der Waals surface area contributed by atoms with Gasteiger partial charge in [-0.2, -0.15) is 0 Å². The van der Waals surface area contributed by atoms with Crippen molar-refractivity contribution in [3.8, 4) is 0 Å². The number of nitrogens with one attached hydrogen (secondary N) is 2. The Kier molecular flexibility index (Phi) is 6.80. The zero-order valence-corrected chi connectivity index (χ0v) is 15.1. The van der Waals surface area contributed by atoms with Crippen LogP contribution in [0.15, 0.2) is 41.6 Å². The first kappa shape index (κ1) is 19.5. The van der Waals surface area contributed by atoms with E-state index in [4.69, 9.17) is 21.1 Å². The van der Waals surface area contributed by atoms with E-state index in [9.17, 15) is 14.4 Å². The van der Waals surface area contributed by atoms with Crippen molar-refractivity contribution in [2.75, 3.05) is 13.2 Å². The van der Waals surface area contributed by atoms with Crippen LogP contribution in [0.2, 0.25) is 5.02 Å². The summed E-state index contributed by atoms with van der Waals surface area (Å²) in [5, 5.41) is 5.60. The van der Waals surface area contributed by atoms with E-state index in [2.05, 4.69) is 10.6 Å². The van der Waals surface area contributed by atoms with Crippen molar-refractivity contribution in [2.24, 2.45) is 0 Å². The van der Waals surface area contributed by atoms with Gasteiger partial charge in [-0.1, -0.05) is 23.7 Å². The molecule has 0 aliphatic carbocycles. The van der Waals surface area contributed by atoms with Gasteiger partial charge in [-0.05, 0) is 37.6 Å². The number of carbonyl (C=O) groups is 3. The second-order valence-corrected chi connectivity index (χ2v) is 5.87. The monoisotopic (exact) mass is 378 g/mol. The molecule has 0 bridgehead atoms. The number of ether oxygens (including phenoxy) is 2. The van der Waals surface area contributed by atoms with Crippen LogP contribution in [0.4, 0.5) is 4.79 Å². The lowest BCUT2D eigenvalue weighted by molar-refractivity contribution is -0.140. The maximum atomic E-state index is 12.1. The van der Waals surface area contributed by atoms with Crippen molar-refractivity contribution in [1.29, 1.82) is 0 Å². The Morgan fingerprint density at radius 2 is 2.08 bits per heavy atom. The summed E-state index contributed by atoms with van der Waals surface area (Å²) in [6, 6.07) is 5.93. The van der Waals surface area contributed by atoms with Crippen LogP contribution in [0.1, 0.15) is 19.4 Å². The molecule has 0 fully saturated rings. The van der Waals surface area contributed by atoms with Gasteiger partial charge in [0.05, 0.1) is 23.9 Å². The minimum absolute atomic E-state index is 0.193. The molecule has 0 saturated heterocycles. The highest BCUT2D eigenvalue weighted by atomic mass is 35.5. The van der Waals surface area contributed by atoms with Gasteiger partial charge in [0.1, 0.15) is 6.61 Å². The zero-order valence-electron chi connectivity index (χ0n) is 14.4. The van der Waals surface area contributed by atoms with E-state index in [1.807, 2.05) is 0 Å². The maximum absolute atomic E-state index is 12.1. The van der Waals surface area contributed by atoms with Crippen LogP contribution in [-0.2, 0) is 19.1 Å². The highest BCUT2D eigenvalue weighted by Gasteiger charge is 2.30. The largest absolute Gasteiger partial charge is 0.463 e.